The molecule has 0 atom stereocenters. The number of likely N-dealkylation sites (tertiary alicyclic amines) is 1. The highest BCUT2D eigenvalue weighted by Gasteiger charge is 2.37. The van der Waals surface area contributed by atoms with E-state index in [0.717, 1.165) is 52.9 Å². The lowest BCUT2D eigenvalue weighted by molar-refractivity contribution is -0.136. The molecule has 2 aliphatic heterocycles. The van der Waals surface area contributed by atoms with E-state index in [1.165, 1.54) is 5.56 Å². The summed E-state index contributed by atoms with van der Waals surface area (Å²) in [7, 11) is 0. The number of carbonyl (C=O) groups excluding carboxylic acids is 3. The van der Waals surface area contributed by atoms with Gasteiger partial charge in [-0.05, 0) is 80.3 Å². The summed E-state index contributed by atoms with van der Waals surface area (Å²) in [4.78, 5) is 41.0. The standard InChI is InChI=1S/C23H25N3O3S/c1-16-8-6-10-19(17(16)2)25-13-7-9-18(25)14-20-22(28)26(23(29)30-20)15-21(27)24-11-4-3-5-12-24/h6-10,13-14H,3-5,11-12,15H2,1-2H3/b20-14-. The minimum Gasteiger partial charge on any atom is -0.341 e. The van der Waals surface area contributed by atoms with Crippen molar-refractivity contribution in [3.63, 3.8) is 0 Å². The van der Waals surface area contributed by atoms with E-state index >= 15 is 0 Å². The Labute approximate surface area is 180 Å². The number of thioether (sulfide) groups is 1. The molecule has 1 aromatic carbocycles. The van der Waals surface area contributed by atoms with Gasteiger partial charge in [0.15, 0.2) is 0 Å². The average molecular weight is 424 g/mol. The number of carbonyl (C=O) groups is 3. The number of amides is 3. The topological polar surface area (TPSA) is 62.6 Å². The van der Waals surface area contributed by atoms with E-state index in [4.69, 9.17) is 0 Å². The lowest BCUT2D eigenvalue weighted by Crippen LogP contribution is -2.44. The Kier molecular flexibility index (Phi) is 5.81. The molecule has 2 aromatic rings. The molecule has 2 saturated heterocycles. The van der Waals surface area contributed by atoms with E-state index in [1.807, 2.05) is 35.0 Å². The highest BCUT2D eigenvalue weighted by molar-refractivity contribution is 8.18. The van der Waals surface area contributed by atoms with E-state index in [9.17, 15) is 14.4 Å². The molecule has 0 spiro atoms. The Bertz CT molecular complexity index is 1030. The molecule has 0 saturated carbocycles. The van der Waals surface area contributed by atoms with Gasteiger partial charge in [0.05, 0.1) is 4.91 Å². The summed E-state index contributed by atoms with van der Waals surface area (Å²) in [6, 6.07) is 9.92. The Morgan fingerprint density at radius 3 is 2.60 bits per heavy atom. The molecule has 0 radical (unpaired) electrons. The van der Waals surface area contributed by atoms with Gasteiger partial charge in [-0.2, -0.15) is 0 Å². The summed E-state index contributed by atoms with van der Waals surface area (Å²) in [5.74, 6) is -0.555. The van der Waals surface area contributed by atoms with Crippen molar-refractivity contribution < 1.29 is 14.4 Å². The molecule has 1 aromatic heterocycles. The summed E-state index contributed by atoms with van der Waals surface area (Å²) in [5.41, 5.74) is 4.19. The van der Waals surface area contributed by atoms with Crippen LogP contribution >= 0.6 is 11.8 Å². The van der Waals surface area contributed by atoms with Gasteiger partial charge in [-0.25, -0.2) is 0 Å². The van der Waals surface area contributed by atoms with Crippen LogP contribution in [0.15, 0.2) is 41.4 Å². The predicted molar refractivity (Wildman–Crippen MR) is 118 cm³/mol. The smallest absolute Gasteiger partial charge is 0.294 e. The van der Waals surface area contributed by atoms with Gasteiger partial charge in [0.2, 0.25) is 5.91 Å². The Hall–Kier alpha value is -2.80. The first-order valence-corrected chi connectivity index (χ1v) is 11.0. The first-order chi connectivity index (χ1) is 14.5. The summed E-state index contributed by atoms with van der Waals surface area (Å²) in [5, 5.41) is -0.388. The van der Waals surface area contributed by atoms with E-state index in [1.54, 1.807) is 11.0 Å². The van der Waals surface area contributed by atoms with Crippen LogP contribution < -0.4 is 0 Å². The minimum atomic E-state index is -0.399. The molecule has 0 aliphatic carbocycles. The number of imide groups is 1. The van der Waals surface area contributed by atoms with Crippen LogP contribution in [0.3, 0.4) is 0 Å². The number of benzene rings is 1. The fourth-order valence-corrected chi connectivity index (χ4v) is 4.70. The minimum absolute atomic E-state index is 0.156. The molecule has 7 heteroatoms. The number of aryl methyl sites for hydroxylation is 1. The van der Waals surface area contributed by atoms with Crippen LogP contribution in [0.25, 0.3) is 11.8 Å². The van der Waals surface area contributed by atoms with Gasteiger partial charge in [0, 0.05) is 30.7 Å². The molecule has 2 fully saturated rings. The molecule has 156 valence electrons. The molecule has 0 unspecified atom stereocenters. The number of piperidine rings is 1. The van der Waals surface area contributed by atoms with Crippen molar-refractivity contribution in [2.75, 3.05) is 19.6 Å². The van der Waals surface area contributed by atoms with Gasteiger partial charge < -0.3 is 9.47 Å². The van der Waals surface area contributed by atoms with Crippen LogP contribution in [0.5, 0.6) is 0 Å². The fraction of sp³-hybridized carbons (Fsp3) is 0.348. The molecule has 3 amide bonds. The van der Waals surface area contributed by atoms with E-state index in [2.05, 4.69) is 19.9 Å². The largest absolute Gasteiger partial charge is 0.341 e. The Morgan fingerprint density at radius 1 is 1.07 bits per heavy atom. The van der Waals surface area contributed by atoms with Crippen LogP contribution in [0.4, 0.5) is 4.79 Å². The van der Waals surface area contributed by atoms with Gasteiger partial charge >= 0.3 is 0 Å². The summed E-state index contributed by atoms with van der Waals surface area (Å²) >= 11 is 0.894. The predicted octanol–water partition coefficient (Wildman–Crippen LogP) is 4.14. The van der Waals surface area contributed by atoms with Crippen molar-refractivity contribution in [3.05, 3.63) is 58.3 Å². The monoisotopic (exact) mass is 423 g/mol. The third-order valence-corrected chi connectivity index (χ3v) is 6.68. The molecule has 0 bridgehead atoms. The second-order valence-electron chi connectivity index (χ2n) is 7.73. The highest BCUT2D eigenvalue weighted by Crippen LogP contribution is 2.33. The van der Waals surface area contributed by atoms with Crippen LogP contribution in [0.2, 0.25) is 0 Å². The number of nitrogens with zero attached hydrogens (tertiary/aromatic N) is 3. The number of aromatic nitrogens is 1. The van der Waals surface area contributed by atoms with Crippen molar-refractivity contribution in [2.24, 2.45) is 0 Å². The van der Waals surface area contributed by atoms with Crippen molar-refractivity contribution in [2.45, 2.75) is 33.1 Å². The lowest BCUT2D eigenvalue weighted by atomic mass is 10.1. The highest BCUT2D eigenvalue weighted by atomic mass is 32.2. The van der Waals surface area contributed by atoms with Crippen LogP contribution in [0, 0.1) is 13.8 Å². The maximum Gasteiger partial charge on any atom is 0.294 e. The van der Waals surface area contributed by atoms with Gasteiger partial charge in [-0.3, -0.25) is 19.3 Å². The van der Waals surface area contributed by atoms with Gasteiger partial charge in [0.1, 0.15) is 6.54 Å². The molecule has 2 aliphatic rings. The van der Waals surface area contributed by atoms with Crippen molar-refractivity contribution in [1.29, 1.82) is 0 Å². The van der Waals surface area contributed by atoms with Crippen LogP contribution in [-0.4, -0.2) is 51.1 Å². The third-order valence-electron chi connectivity index (χ3n) is 5.77. The first-order valence-electron chi connectivity index (χ1n) is 10.2. The first kappa shape index (κ1) is 20.5. The quantitative estimate of drug-likeness (QED) is 0.694. The molecule has 0 N–H and O–H groups in total. The summed E-state index contributed by atoms with van der Waals surface area (Å²) < 4.78 is 2.01. The Balaban J connectivity index is 1.55. The van der Waals surface area contributed by atoms with Crippen molar-refractivity contribution in [1.82, 2.24) is 14.4 Å². The van der Waals surface area contributed by atoms with E-state index < -0.39 is 5.91 Å². The molecule has 4 rings (SSSR count). The zero-order valence-electron chi connectivity index (χ0n) is 17.3. The average Bonchev–Trinajstić information content (AvgIpc) is 3.30. The lowest BCUT2D eigenvalue weighted by Gasteiger charge is -2.27. The van der Waals surface area contributed by atoms with Gasteiger partial charge in [-0.1, -0.05) is 12.1 Å². The second kappa shape index (κ2) is 8.52. The zero-order chi connectivity index (χ0) is 21.3. The van der Waals surface area contributed by atoms with Crippen LogP contribution in [-0.2, 0) is 9.59 Å². The summed E-state index contributed by atoms with van der Waals surface area (Å²) in [6.45, 7) is 5.35. The zero-order valence-corrected chi connectivity index (χ0v) is 18.1. The van der Waals surface area contributed by atoms with E-state index in [-0.39, 0.29) is 17.7 Å². The van der Waals surface area contributed by atoms with Crippen LogP contribution in [0.1, 0.15) is 36.1 Å². The molecular weight excluding hydrogens is 398 g/mol. The maximum atomic E-state index is 12.9. The number of hydrogen-bond donors (Lipinski definition) is 0. The molecule has 30 heavy (non-hydrogen) atoms. The van der Waals surface area contributed by atoms with Crippen molar-refractivity contribution in [3.8, 4) is 5.69 Å². The third kappa shape index (κ3) is 3.94. The van der Waals surface area contributed by atoms with Crippen molar-refractivity contribution >= 4 is 34.9 Å². The number of rotatable bonds is 4. The van der Waals surface area contributed by atoms with Gasteiger partial charge in [0.25, 0.3) is 11.1 Å². The van der Waals surface area contributed by atoms with Gasteiger partial charge in [-0.15, -0.1) is 0 Å². The fourth-order valence-electron chi connectivity index (χ4n) is 3.88. The summed E-state index contributed by atoms with van der Waals surface area (Å²) in [6.07, 6.45) is 6.75. The maximum absolute atomic E-state index is 12.9. The SMILES string of the molecule is Cc1cccc(-n2cccc2/C=C2\SC(=O)N(CC(=O)N3CCCCC3)C2=O)c1C. The second-order valence-corrected chi connectivity index (χ2v) is 8.72. The molecule has 6 nitrogen and oxygen atoms in total. The normalized spacial score (nSPS) is 18.5. The van der Waals surface area contributed by atoms with E-state index in [0.29, 0.717) is 18.0 Å². The molecule has 3 heterocycles. The number of hydrogen-bond acceptors (Lipinski definition) is 4. The molecular formula is C23H25N3O3S. The Morgan fingerprint density at radius 2 is 1.83 bits per heavy atom.